The molecule has 0 fully saturated rings. The molecule has 2 N–H and O–H groups in total. The van der Waals surface area contributed by atoms with Gasteiger partial charge in [0.05, 0.1) is 12.3 Å². The molecule has 0 atom stereocenters. The zero-order valence-corrected chi connectivity index (χ0v) is 12.1. The quantitative estimate of drug-likeness (QED) is 0.791. The first-order chi connectivity index (χ1) is 9.72. The highest BCUT2D eigenvalue weighted by Gasteiger charge is 2.04. The second-order valence-corrected chi connectivity index (χ2v) is 4.65. The molecular formula is C17H21NO2. The minimum atomic E-state index is 0.632. The topological polar surface area (TPSA) is 44.5 Å². The van der Waals surface area contributed by atoms with Gasteiger partial charge < -0.3 is 15.2 Å². The molecule has 0 bridgehead atoms. The number of aryl methyl sites for hydroxylation is 1. The Bertz CT molecular complexity index is 549. The summed E-state index contributed by atoms with van der Waals surface area (Å²) in [5, 5.41) is 0. The van der Waals surface area contributed by atoms with E-state index in [1.807, 2.05) is 24.3 Å². The second-order valence-electron chi connectivity index (χ2n) is 4.65. The lowest BCUT2D eigenvalue weighted by Crippen LogP contribution is -1.99. The van der Waals surface area contributed by atoms with E-state index in [2.05, 4.69) is 26.0 Å². The van der Waals surface area contributed by atoms with E-state index >= 15 is 0 Å². The number of ether oxygens (including phenoxy) is 2. The zero-order valence-electron chi connectivity index (χ0n) is 12.1. The molecule has 0 amide bonds. The molecular weight excluding hydrogens is 250 g/mol. The van der Waals surface area contributed by atoms with Crippen LogP contribution < -0.4 is 15.2 Å². The summed E-state index contributed by atoms with van der Waals surface area (Å²) in [4.78, 5) is 0. The number of hydrogen-bond acceptors (Lipinski definition) is 3. The van der Waals surface area contributed by atoms with Crippen molar-refractivity contribution in [2.75, 3.05) is 12.3 Å². The summed E-state index contributed by atoms with van der Waals surface area (Å²) in [7, 11) is 0. The van der Waals surface area contributed by atoms with E-state index < -0.39 is 0 Å². The van der Waals surface area contributed by atoms with Crippen LogP contribution in [0, 0.1) is 0 Å². The summed E-state index contributed by atoms with van der Waals surface area (Å²) in [6.45, 7) is 4.85. The first-order valence-corrected chi connectivity index (χ1v) is 7.02. The lowest BCUT2D eigenvalue weighted by Gasteiger charge is -2.11. The van der Waals surface area contributed by atoms with Gasteiger partial charge in [-0.25, -0.2) is 0 Å². The fourth-order valence-electron chi connectivity index (χ4n) is 1.84. The van der Waals surface area contributed by atoms with Crippen LogP contribution in [0.5, 0.6) is 17.2 Å². The molecule has 106 valence electrons. The van der Waals surface area contributed by atoms with Gasteiger partial charge in [-0.05, 0) is 42.7 Å². The summed E-state index contributed by atoms with van der Waals surface area (Å²) in [5.41, 5.74) is 7.81. The summed E-state index contributed by atoms with van der Waals surface area (Å²) in [5.74, 6) is 2.22. The molecule has 0 spiro atoms. The third kappa shape index (κ3) is 3.67. The fourth-order valence-corrected chi connectivity index (χ4v) is 1.84. The van der Waals surface area contributed by atoms with Crippen LogP contribution in [-0.4, -0.2) is 6.61 Å². The van der Waals surface area contributed by atoms with Crippen molar-refractivity contribution in [3.8, 4) is 17.2 Å². The van der Waals surface area contributed by atoms with Crippen LogP contribution in [0.2, 0.25) is 0 Å². The van der Waals surface area contributed by atoms with Gasteiger partial charge in [0.2, 0.25) is 0 Å². The van der Waals surface area contributed by atoms with E-state index in [1.54, 1.807) is 6.07 Å². The van der Waals surface area contributed by atoms with Crippen LogP contribution in [0.25, 0.3) is 0 Å². The van der Waals surface area contributed by atoms with Crippen molar-refractivity contribution < 1.29 is 9.47 Å². The smallest absolute Gasteiger partial charge is 0.145 e. The van der Waals surface area contributed by atoms with Gasteiger partial charge in [-0.15, -0.1) is 0 Å². The Morgan fingerprint density at radius 3 is 2.30 bits per heavy atom. The van der Waals surface area contributed by atoms with Gasteiger partial charge in [0, 0.05) is 6.07 Å². The third-order valence-corrected chi connectivity index (χ3v) is 3.01. The van der Waals surface area contributed by atoms with Crippen LogP contribution in [0.4, 0.5) is 5.69 Å². The Balaban J connectivity index is 2.11. The van der Waals surface area contributed by atoms with Crippen molar-refractivity contribution in [1.29, 1.82) is 0 Å². The summed E-state index contributed by atoms with van der Waals surface area (Å²) in [6.07, 6.45) is 1.97. The van der Waals surface area contributed by atoms with Crippen molar-refractivity contribution in [3.63, 3.8) is 0 Å². The molecule has 0 aliphatic carbocycles. The van der Waals surface area contributed by atoms with Crippen LogP contribution in [-0.2, 0) is 6.42 Å². The molecule has 2 aromatic rings. The largest absolute Gasteiger partial charge is 0.491 e. The number of benzene rings is 2. The maximum atomic E-state index is 5.88. The molecule has 0 saturated carbocycles. The van der Waals surface area contributed by atoms with E-state index in [9.17, 15) is 0 Å². The average Bonchev–Trinajstić information content (AvgIpc) is 2.48. The summed E-state index contributed by atoms with van der Waals surface area (Å²) >= 11 is 0. The van der Waals surface area contributed by atoms with Gasteiger partial charge in [0.1, 0.15) is 17.2 Å². The van der Waals surface area contributed by atoms with E-state index in [1.165, 1.54) is 5.56 Å². The molecule has 2 aromatic carbocycles. The van der Waals surface area contributed by atoms with E-state index in [-0.39, 0.29) is 0 Å². The molecule has 0 unspecified atom stereocenters. The SMILES string of the molecule is CCCOc1cc(Oc2ccc(CC)cc2)ccc1N. The van der Waals surface area contributed by atoms with Crippen LogP contribution in [0.3, 0.4) is 0 Å². The molecule has 0 heterocycles. The summed E-state index contributed by atoms with van der Waals surface area (Å²) in [6, 6.07) is 13.6. The monoisotopic (exact) mass is 271 g/mol. The number of anilines is 1. The number of rotatable bonds is 6. The minimum absolute atomic E-state index is 0.632. The molecule has 3 heteroatoms. The highest BCUT2D eigenvalue weighted by Crippen LogP contribution is 2.30. The first kappa shape index (κ1) is 14.3. The molecule has 0 aromatic heterocycles. The Morgan fingerprint density at radius 2 is 1.65 bits per heavy atom. The fraction of sp³-hybridized carbons (Fsp3) is 0.294. The van der Waals surface area contributed by atoms with Crippen molar-refractivity contribution >= 4 is 5.69 Å². The molecule has 0 aliphatic rings. The molecule has 3 nitrogen and oxygen atoms in total. The maximum Gasteiger partial charge on any atom is 0.145 e. The minimum Gasteiger partial charge on any atom is -0.491 e. The third-order valence-electron chi connectivity index (χ3n) is 3.01. The predicted octanol–water partition coefficient (Wildman–Crippen LogP) is 4.41. The molecule has 2 rings (SSSR count). The van der Waals surface area contributed by atoms with Gasteiger partial charge in [0.25, 0.3) is 0 Å². The normalized spacial score (nSPS) is 10.3. The Morgan fingerprint density at radius 1 is 0.950 bits per heavy atom. The number of nitrogen functional groups attached to an aromatic ring is 1. The first-order valence-electron chi connectivity index (χ1n) is 7.02. The molecule has 0 saturated heterocycles. The molecule has 0 aliphatic heterocycles. The molecule has 0 radical (unpaired) electrons. The van der Waals surface area contributed by atoms with Crippen molar-refractivity contribution in [2.24, 2.45) is 0 Å². The van der Waals surface area contributed by atoms with Gasteiger partial charge in [0.15, 0.2) is 0 Å². The Kier molecular flexibility index (Phi) is 4.88. The standard InChI is InChI=1S/C17H21NO2/c1-3-11-19-17-12-15(9-10-16(17)18)20-14-7-5-13(4-2)6-8-14/h5-10,12H,3-4,11,18H2,1-2H3. The van der Waals surface area contributed by atoms with E-state index in [0.29, 0.717) is 18.0 Å². The van der Waals surface area contributed by atoms with Crippen LogP contribution in [0.1, 0.15) is 25.8 Å². The second kappa shape index (κ2) is 6.85. The van der Waals surface area contributed by atoms with E-state index in [4.69, 9.17) is 15.2 Å². The summed E-state index contributed by atoms with van der Waals surface area (Å²) < 4.78 is 11.4. The number of nitrogens with two attached hydrogens (primary N) is 1. The lowest BCUT2D eigenvalue weighted by molar-refractivity contribution is 0.317. The van der Waals surface area contributed by atoms with Crippen molar-refractivity contribution in [3.05, 3.63) is 48.0 Å². The molecule has 20 heavy (non-hydrogen) atoms. The van der Waals surface area contributed by atoms with Gasteiger partial charge in [-0.2, -0.15) is 0 Å². The van der Waals surface area contributed by atoms with Crippen molar-refractivity contribution in [2.45, 2.75) is 26.7 Å². The van der Waals surface area contributed by atoms with Crippen molar-refractivity contribution in [1.82, 2.24) is 0 Å². The van der Waals surface area contributed by atoms with Crippen LogP contribution >= 0.6 is 0 Å². The average molecular weight is 271 g/mol. The Hall–Kier alpha value is -2.16. The van der Waals surface area contributed by atoms with Gasteiger partial charge in [-0.3, -0.25) is 0 Å². The lowest BCUT2D eigenvalue weighted by atomic mass is 10.2. The maximum absolute atomic E-state index is 5.88. The van der Waals surface area contributed by atoms with Gasteiger partial charge >= 0.3 is 0 Å². The number of hydrogen-bond donors (Lipinski definition) is 1. The highest BCUT2D eigenvalue weighted by molar-refractivity contribution is 5.56. The van der Waals surface area contributed by atoms with Gasteiger partial charge in [-0.1, -0.05) is 26.0 Å². The van der Waals surface area contributed by atoms with Crippen LogP contribution in [0.15, 0.2) is 42.5 Å². The zero-order chi connectivity index (χ0) is 14.4. The Labute approximate surface area is 120 Å². The predicted molar refractivity (Wildman–Crippen MR) is 82.5 cm³/mol. The van der Waals surface area contributed by atoms with E-state index in [0.717, 1.165) is 24.3 Å². The highest BCUT2D eigenvalue weighted by atomic mass is 16.5.